The van der Waals surface area contributed by atoms with Crippen LogP contribution < -0.4 is 9.47 Å². The highest BCUT2D eigenvalue weighted by molar-refractivity contribution is 6.17. The first-order valence-electron chi connectivity index (χ1n) is 5.87. The summed E-state index contributed by atoms with van der Waals surface area (Å²) in [5.74, 6) is 2.12. The summed E-state index contributed by atoms with van der Waals surface area (Å²) in [5.41, 5.74) is 2.08. The van der Waals surface area contributed by atoms with Crippen LogP contribution >= 0.6 is 11.6 Å². The SMILES string of the molecule is COc1cc2c(cc1OC)N=CN(CCCCl)C2. The molecule has 0 saturated carbocycles. The number of methoxy groups -OCH3 is 2. The molecule has 98 valence electrons. The molecule has 4 nitrogen and oxygen atoms in total. The Morgan fingerprint density at radius 1 is 1.28 bits per heavy atom. The van der Waals surface area contributed by atoms with E-state index in [-0.39, 0.29) is 0 Å². The maximum Gasteiger partial charge on any atom is 0.162 e. The van der Waals surface area contributed by atoms with Gasteiger partial charge in [-0.1, -0.05) is 0 Å². The molecule has 0 N–H and O–H groups in total. The number of hydrogen-bond acceptors (Lipinski definition) is 4. The van der Waals surface area contributed by atoms with Crippen LogP contribution in [0.2, 0.25) is 0 Å². The van der Waals surface area contributed by atoms with E-state index in [1.54, 1.807) is 14.2 Å². The number of ether oxygens (including phenoxy) is 2. The molecule has 0 radical (unpaired) electrons. The lowest BCUT2D eigenvalue weighted by molar-refractivity contribution is 0.352. The topological polar surface area (TPSA) is 34.1 Å². The number of aliphatic imine (C=N–C) groups is 1. The van der Waals surface area contributed by atoms with E-state index in [1.807, 2.05) is 18.5 Å². The smallest absolute Gasteiger partial charge is 0.162 e. The first kappa shape index (κ1) is 13.0. The maximum absolute atomic E-state index is 5.70. The number of nitrogens with zero attached hydrogens (tertiary/aromatic N) is 2. The molecule has 2 rings (SSSR count). The Kier molecular flexibility index (Phi) is 4.31. The lowest BCUT2D eigenvalue weighted by Crippen LogP contribution is -2.25. The van der Waals surface area contributed by atoms with Gasteiger partial charge in [-0.25, -0.2) is 4.99 Å². The number of benzene rings is 1. The van der Waals surface area contributed by atoms with Crippen LogP contribution in [0.4, 0.5) is 5.69 Å². The van der Waals surface area contributed by atoms with Gasteiger partial charge in [0.2, 0.25) is 0 Å². The van der Waals surface area contributed by atoms with Crippen molar-refractivity contribution in [1.82, 2.24) is 4.90 Å². The van der Waals surface area contributed by atoms with Crippen molar-refractivity contribution in [2.24, 2.45) is 4.99 Å². The second-order valence-electron chi connectivity index (χ2n) is 4.09. The summed E-state index contributed by atoms with van der Waals surface area (Å²) >= 11 is 5.70. The van der Waals surface area contributed by atoms with Crippen LogP contribution in [-0.2, 0) is 6.54 Å². The summed E-state index contributed by atoms with van der Waals surface area (Å²) in [7, 11) is 3.27. The molecule has 0 spiro atoms. The van der Waals surface area contributed by atoms with Gasteiger partial charge in [0, 0.05) is 30.6 Å². The highest BCUT2D eigenvalue weighted by Crippen LogP contribution is 2.36. The average molecular weight is 269 g/mol. The highest BCUT2D eigenvalue weighted by atomic mass is 35.5. The third-order valence-corrected chi connectivity index (χ3v) is 3.16. The second-order valence-corrected chi connectivity index (χ2v) is 4.47. The fraction of sp³-hybridized carbons (Fsp3) is 0.462. The van der Waals surface area contributed by atoms with Crippen LogP contribution in [0.3, 0.4) is 0 Å². The predicted octanol–water partition coefficient (Wildman–Crippen LogP) is 2.81. The highest BCUT2D eigenvalue weighted by Gasteiger charge is 2.15. The number of alkyl halides is 1. The maximum atomic E-state index is 5.70. The Hall–Kier alpha value is -1.42. The molecule has 1 aliphatic heterocycles. The summed E-state index contributed by atoms with van der Waals surface area (Å²) in [4.78, 5) is 6.58. The summed E-state index contributed by atoms with van der Waals surface area (Å²) in [6.45, 7) is 1.75. The first-order chi connectivity index (χ1) is 8.78. The fourth-order valence-electron chi connectivity index (χ4n) is 1.96. The second kappa shape index (κ2) is 5.96. The molecule has 18 heavy (non-hydrogen) atoms. The Labute approximate surface area is 112 Å². The molecule has 0 aliphatic carbocycles. The van der Waals surface area contributed by atoms with Gasteiger partial charge in [-0.05, 0) is 12.5 Å². The zero-order valence-corrected chi connectivity index (χ0v) is 11.4. The van der Waals surface area contributed by atoms with Crippen LogP contribution in [0, 0.1) is 0 Å². The molecule has 0 amide bonds. The largest absolute Gasteiger partial charge is 0.493 e. The van der Waals surface area contributed by atoms with Crippen molar-refractivity contribution < 1.29 is 9.47 Å². The van der Waals surface area contributed by atoms with E-state index in [0.717, 1.165) is 36.5 Å². The van der Waals surface area contributed by atoms with E-state index >= 15 is 0 Å². The standard InChI is InChI=1S/C13H17ClN2O2/c1-17-12-6-10-8-16(5-3-4-14)9-15-11(10)7-13(12)18-2/h6-7,9H,3-5,8H2,1-2H3. The third-order valence-electron chi connectivity index (χ3n) is 2.90. The van der Waals surface area contributed by atoms with E-state index in [1.165, 1.54) is 0 Å². The van der Waals surface area contributed by atoms with Crippen molar-refractivity contribution in [3.8, 4) is 11.5 Å². The van der Waals surface area contributed by atoms with Crippen LogP contribution in [0.15, 0.2) is 17.1 Å². The van der Waals surface area contributed by atoms with Crippen molar-refractivity contribution in [1.29, 1.82) is 0 Å². The molecule has 5 heteroatoms. The van der Waals surface area contributed by atoms with Crippen molar-refractivity contribution in [3.05, 3.63) is 17.7 Å². The number of hydrogen-bond donors (Lipinski definition) is 0. The lowest BCUT2D eigenvalue weighted by atomic mass is 10.1. The van der Waals surface area contributed by atoms with Gasteiger partial charge < -0.3 is 14.4 Å². The van der Waals surface area contributed by atoms with Gasteiger partial charge in [0.25, 0.3) is 0 Å². The summed E-state index contributed by atoms with van der Waals surface area (Å²) < 4.78 is 10.6. The molecule has 0 bridgehead atoms. The Morgan fingerprint density at radius 2 is 2.00 bits per heavy atom. The minimum atomic E-state index is 0.670. The summed E-state index contributed by atoms with van der Waals surface area (Å²) in [6, 6.07) is 3.89. The van der Waals surface area contributed by atoms with E-state index in [0.29, 0.717) is 11.6 Å². The molecule has 0 atom stereocenters. The van der Waals surface area contributed by atoms with Crippen LogP contribution in [0.25, 0.3) is 0 Å². The summed E-state index contributed by atoms with van der Waals surface area (Å²) in [6.07, 6.45) is 2.82. The third kappa shape index (κ3) is 2.70. The first-order valence-corrected chi connectivity index (χ1v) is 6.41. The zero-order valence-electron chi connectivity index (χ0n) is 10.6. The minimum absolute atomic E-state index is 0.670. The van der Waals surface area contributed by atoms with Crippen molar-refractivity contribution in [3.63, 3.8) is 0 Å². The monoisotopic (exact) mass is 268 g/mol. The van der Waals surface area contributed by atoms with Gasteiger partial charge >= 0.3 is 0 Å². The number of fused-ring (bicyclic) bond motifs is 1. The zero-order chi connectivity index (χ0) is 13.0. The quantitative estimate of drug-likeness (QED) is 0.770. The van der Waals surface area contributed by atoms with E-state index < -0.39 is 0 Å². The van der Waals surface area contributed by atoms with E-state index in [2.05, 4.69) is 9.89 Å². The van der Waals surface area contributed by atoms with Gasteiger partial charge in [0.15, 0.2) is 11.5 Å². The lowest BCUT2D eigenvalue weighted by Gasteiger charge is -2.24. The molecule has 0 aromatic heterocycles. The Balaban J connectivity index is 2.21. The molecule has 0 fully saturated rings. The molecule has 0 saturated heterocycles. The summed E-state index contributed by atoms with van der Waals surface area (Å²) in [5, 5.41) is 0. The van der Waals surface area contributed by atoms with Gasteiger partial charge in [-0.15, -0.1) is 11.6 Å². The molecule has 1 heterocycles. The molecule has 0 unspecified atom stereocenters. The molecular formula is C13H17ClN2O2. The molecule has 1 aromatic rings. The Morgan fingerprint density at radius 3 is 2.67 bits per heavy atom. The fourth-order valence-corrected chi connectivity index (χ4v) is 2.08. The van der Waals surface area contributed by atoms with Crippen LogP contribution in [-0.4, -0.2) is 37.9 Å². The number of rotatable bonds is 5. The van der Waals surface area contributed by atoms with Crippen molar-refractivity contribution in [2.75, 3.05) is 26.6 Å². The van der Waals surface area contributed by atoms with Gasteiger partial charge in [-0.3, -0.25) is 0 Å². The van der Waals surface area contributed by atoms with Gasteiger partial charge in [-0.2, -0.15) is 0 Å². The van der Waals surface area contributed by atoms with E-state index in [4.69, 9.17) is 21.1 Å². The average Bonchev–Trinajstić information content (AvgIpc) is 2.43. The molecular weight excluding hydrogens is 252 g/mol. The Bertz CT molecular complexity index is 449. The van der Waals surface area contributed by atoms with E-state index in [9.17, 15) is 0 Å². The van der Waals surface area contributed by atoms with Crippen molar-refractivity contribution >= 4 is 23.6 Å². The van der Waals surface area contributed by atoms with Crippen molar-refractivity contribution in [2.45, 2.75) is 13.0 Å². The minimum Gasteiger partial charge on any atom is -0.493 e. The van der Waals surface area contributed by atoms with Gasteiger partial charge in [0.1, 0.15) is 0 Å². The molecule has 1 aliphatic rings. The normalized spacial score (nSPS) is 13.4. The van der Waals surface area contributed by atoms with Crippen LogP contribution in [0.1, 0.15) is 12.0 Å². The van der Waals surface area contributed by atoms with Gasteiger partial charge in [0.05, 0.1) is 26.2 Å². The van der Waals surface area contributed by atoms with Crippen LogP contribution in [0.5, 0.6) is 11.5 Å². The number of halogens is 1. The predicted molar refractivity (Wildman–Crippen MR) is 73.4 cm³/mol. The molecule has 1 aromatic carbocycles.